The van der Waals surface area contributed by atoms with E-state index in [0.29, 0.717) is 19.4 Å². The molecule has 0 saturated heterocycles. The quantitative estimate of drug-likeness (QED) is 0.652. The second-order valence-corrected chi connectivity index (χ2v) is 5.18. The lowest BCUT2D eigenvalue weighted by molar-refractivity contribution is 0.0948. The maximum Gasteiger partial charge on any atom is 0.267 e. The molecule has 0 unspecified atom stereocenters. The number of amides is 1. The van der Waals surface area contributed by atoms with Gasteiger partial charge >= 0.3 is 0 Å². The fourth-order valence-corrected chi connectivity index (χ4v) is 2.35. The first-order valence-corrected chi connectivity index (χ1v) is 7.52. The Morgan fingerprint density at radius 3 is 3.04 bits per heavy atom. The Kier molecular flexibility index (Phi) is 4.55. The molecular formula is C16H17N5O3. The van der Waals surface area contributed by atoms with Crippen molar-refractivity contribution in [2.24, 2.45) is 0 Å². The van der Waals surface area contributed by atoms with Crippen LogP contribution in [0.25, 0.3) is 5.65 Å². The standard InChI is InChI=1S/C16H17N5O3/c1-24-13-10-18-11(9-12(13)22)16(23)17-7-4-6-15-20-19-14-5-2-3-8-21(14)15/h2-3,5,8-10H,4,6-7H2,1H3,(H,17,23)(H,18,22). The lowest BCUT2D eigenvalue weighted by Gasteiger charge is -2.05. The van der Waals surface area contributed by atoms with E-state index in [4.69, 9.17) is 4.74 Å². The number of hydrogen-bond acceptors (Lipinski definition) is 5. The highest BCUT2D eigenvalue weighted by Gasteiger charge is 2.09. The fourth-order valence-electron chi connectivity index (χ4n) is 2.35. The molecule has 0 bridgehead atoms. The minimum absolute atomic E-state index is 0.172. The third kappa shape index (κ3) is 3.27. The van der Waals surface area contributed by atoms with Crippen LogP contribution < -0.4 is 15.5 Å². The van der Waals surface area contributed by atoms with Gasteiger partial charge in [-0.25, -0.2) is 0 Å². The highest BCUT2D eigenvalue weighted by atomic mass is 16.5. The van der Waals surface area contributed by atoms with Crippen molar-refractivity contribution in [2.45, 2.75) is 12.8 Å². The van der Waals surface area contributed by atoms with Gasteiger partial charge in [-0.05, 0) is 18.6 Å². The van der Waals surface area contributed by atoms with Crippen molar-refractivity contribution in [1.29, 1.82) is 0 Å². The summed E-state index contributed by atoms with van der Waals surface area (Å²) in [4.78, 5) is 26.4. The summed E-state index contributed by atoms with van der Waals surface area (Å²) in [5.74, 6) is 0.684. The third-order valence-electron chi connectivity index (χ3n) is 3.59. The molecule has 0 aliphatic heterocycles. The lowest BCUT2D eigenvalue weighted by atomic mass is 10.2. The normalized spacial score (nSPS) is 10.7. The number of aromatic nitrogens is 4. The number of fused-ring (bicyclic) bond motifs is 1. The third-order valence-corrected chi connectivity index (χ3v) is 3.59. The SMILES string of the molecule is COc1c[nH]c(C(=O)NCCCc2nnc3ccccn23)cc1=O. The smallest absolute Gasteiger partial charge is 0.267 e. The van der Waals surface area contributed by atoms with Gasteiger partial charge in [-0.1, -0.05) is 6.07 Å². The minimum atomic E-state index is -0.337. The van der Waals surface area contributed by atoms with Crippen LogP contribution in [0.3, 0.4) is 0 Å². The van der Waals surface area contributed by atoms with E-state index in [1.165, 1.54) is 19.4 Å². The van der Waals surface area contributed by atoms with Gasteiger partial charge in [0.2, 0.25) is 5.43 Å². The molecule has 0 atom stereocenters. The molecule has 3 heterocycles. The van der Waals surface area contributed by atoms with E-state index in [1.54, 1.807) is 0 Å². The summed E-state index contributed by atoms with van der Waals surface area (Å²) in [6.07, 6.45) is 4.68. The number of aryl methyl sites for hydroxylation is 1. The molecule has 0 fully saturated rings. The lowest BCUT2D eigenvalue weighted by Crippen LogP contribution is -2.27. The van der Waals surface area contributed by atoms with Crippen LogP contribution >= 0.6 is 0 Å². The topological polar surface area (TPSA) is 101 Å². The largest absolute Gasteiger partial charge is 0.491 e. The molecule has 24 heavy (non-hydrogen) atoms. The summed E-state index contributed by atoms with van der Waals surface area (Å²) in [5, 5.41) is 11.0. The van der Waals surface area contributed by atoms with Gasteiger partial charge in [0.05, 0.1) is 7.11 Å². The van der Waals surface area contributed by atoms with Gasteiger partial charge < -0.3 is 15.0 Å². The van der Waals surface area contributed by atoms with Crippen LogP contribution in [0, 0.1) is 0 Å². The van der Waals surface area contributed by atoms with E-state index in [2.05, 4.69) is 20.5 Å². The molecule has 3 aromatic heterocycles. The van der Waals surface area contributed by atoms with Crippen molar-refractivity contribution in [2.75, 3.05) is 13.7 Å². The van der Waals surface area contributed by atoms with Crippen molar-refractivity contribution in [3.63, 3.8) is 0 Å². The number of rotatable bonds is 6. The molecule has 0 aliphatic carbocycles. The number of methoxy groups -OCH3 is 1. The molecule has 0 saturated carbocycles. The zero-order valence-electron chi connectivity index (χ0n) is 13.2. The van der Waals surface area contributed by atoms with Crippen LogP contribution in [0.1, 0.15) is 22.7 Å². The van der Waals surface area contributed by atoms with Gasteiger partial charge in [0.25, 0.3) is 5.91 Å². The molecule has 8 nitrogen and oxygen atoms in total. The highest BCUT2D eigenvalue weighted by Crippen LogP contribution is 2.05. The van der Waals surface area contributed by atoms with Gasteiger partial charge in [-0.15, -0.1) is 10.2 Å². The number of H-pyrrole nitrogens is 1. The van der Waals surface area contributed by atoms with Crippen LogP contribution in [0.4, 0.5) is 0 Å². The molecule has 3 aromatic rings. The Hall–Kier alpha value is -3.16. The molecule has 0 aliphatic rings. The van der Waals surface area contributed by atoms with Crippen molar-refractivity contribution < 1.29 is 9.53 Å². The number of pyridine rings is 2. The number of carbonyl (C=O) groups excluding carboxylic acids is 1. The van der Waals surface area contributed by atoms with Gasteiger partial charge in [0, 0.05) is 31.4 Å². The van der Waals surface area contributed by atoms with E-state index in [9.17, 15) is 9.59 Å². The minimum Gasteiger partial charge on any atom is -0.491 e. The van der Waals surface area contributed by atoms with E-state index in [-0.39, 0.29) is 22.8 Å². The number of carbonyl (C=O) groups is 1. The first-order valence-electron chi connectivity index (χ1n) is 7.52. The first-order chi connectivity index (χ1) is 11.7. The molecule has 0 aromatic carbocycles. The maximum absolute atomic E-state index is 12.0. The molecular weight excluding hydrogens is 310 g/mol. The van der Waals surface area contributed by atoms with Crippen LogP contribution in [0.15, 0.2) is 41.5 Å². The van der Waals surface area contributed by atoms with Crippen molar-refractivity contribution >= 4 is 11.6 Å². The monoisotopic (exact) mass is 327 g/mol. The van der Waals surface area contributed by atoms with Crippen LogP contribution in [0.2, 0.25) is 0 Å². The van der Waals surface area contributed by atoms with Crippen molar-refractivity contribution in [1.82, 2.24) is 24.9 Å². The molecule has 0 radical (unpaired) electrons. The Balaban J connectivity index is 1.54. The Labute approximate surface area is 137 Å². The fraction of sp³-hybridized carbons (Fsp3) is 0.250. The van der Waals surface area contributed by atoms with Crippen LogP contribution in [0.5, 0.6) is 5.75 Å². The average molecular weight is 327 g/mol. The molecule has 1 amide bonds. The summed E-state index contributed by atoms with van der Waals surface area (Å²) >= 11 is 0. The van der Waals surface area contributed by atoms with Crippen LogP contribution in [-0.4, -0.2) is 39.1 Å². The molecule has 0 spiro atoms. The van der Waals surface area contributed by atoms with Crippen molar-refractivity contribution in [3.8, 4) is 5.75 Å². The van der Waals surface area contributed by atoms with Gasteiger partial charge in [0.15, 0.2) is 11.4 Å². The summed E-state index contributed by atoms with van der Waals surface area (Å²) in [6, 6.07) is 6.93. The second kappa shape index (κ2) is 6.95. The van der Waals surface area contributed by atoms with Gasteiger partial charge in [-0.2, -0.15) is 0 Å². The number of nitrogens with one attached hydrogen (secondary N) is 2. The molecule has 124 valence electrons. The Morgan fingerprint density at radius 2 is 2.25 bits per heavy atom. The summed E-state index contributed by atoms with van der Waals surface area (Å²) in [6.45, 7) is 0.467. The van der Waals surface area contributed by atoms with Crippen LogP contribution in [-0.2, 0) is 6.42 Å². The zero-order chi connectivity index (χ0) is 16.9. The summed E-state index contributed by atoms with van der Waals surface area (Å²) in [5.41, 5.74) is 0.664. The van der Waals surface area contributed by atoms with E-state index >= 15 is 0 Å². The van der Waals surface area contributed by atoms with Gasteiger partial charge in [-0.3, -0.25) is 14.0 Å². The number of hydrogen-bond donors (Lipinski definition) is 2. The molecule has 3 rings (SSSR count). The van der Waals surface area contributed by atoms with E-state index in [1.807, 2.05) is 28.8 Å². The molecule has 8 heteroatoms. The predicted molar refractivity (Wildman–Crippen MR) is 87.3 cm³/mol. The summed E-state index contributed by atoms with van der Waals surface area (Å²) < 4.78 is 6.78. The zero-order valence-corrected chi connectivity index (χ0v) is 13.2. The first kappa shape index (κ1) is 15.7. The van der Waals surface area contributed by atoms with Crippen molar-refractivity contribution in [3.05, 3.63) is 58.4 Å². The second-order valence-electron chi connectivity index (χ2n) is 5.18. The maximum atomic E-state index is 12.0. The molecule has 2 N–H and O–H groups in total. The van der Waals surface area contributed by atoms with Gasteiger partial charge in [0.1, 0.15) is 11.5 Å². The Bertz CT molecular complexity index is 915. The number of nitrogens with zero attached hydrogens (tertiary/aromatic N) is 3. The highest BCUT2D eigenvalue weighted by molar-refractivity contribution is 5.92. The number of aromatic amines is 1. The predicted octanol–water partition coefficient (Wildman–Crippen LogP) is 0.789. The average Bonchev–Trinajstić information content (AvgIpc) is 3.01. The Morgan fingerprint density at radius 1 is 1.38 bits per heavy atom. The van der Waals surface area contributed by atoms with E-state index < -0.39 is 0 Å². The number of ether oxygens (including phenoxy) is 1. The van der Waals surface area contributed by atoms with E-state index in [0.717, 1.165) is 11.5 Å². The summed E-state index contributed by atoms with van der Waals surface area (Å²) in [7, 11) is 1.40.